The number of morpholine rings is 1. The molecule has 0 aliphatic carbocycles. The number of carbonyl (C=O) groups is 1. The van der Waals surface area contributed by atoms with Crippen molar-refractivity contribution in [1.82, 2.24) is 15.5 Å². The van der Waals surface area contributed by atoms with Gasteiger partial charge >= 0.3 is 0 Å². The highest BCUT2D eigenvalue weighted by molar-refractivity contribution is 5.76. The molecule has 6 heteroatoms. The van der Waals surface area contributed by atoms with Gasteiger partial charge in [-0.25, -0.2) is 0 Å². The van der Waals surface area contributed by atoms with Crippen LogP contribution in [-0.4, -0.2) is 63.4 Å². The predicted octanol–water partition coefficient (Wildman–Crippen LogP) is 2.04. The minimum absolute atomic E-state index is 0.133. The normalized spacial score (nSPS) is 19.9. The summed E-state index contributed by atoms with van der Waals surface area (Å²) in [5.74, 6) is 2.08. The van der Waals surface area contributed by atoms with Gasteiger partial charge in [-0.05, 0) is 43.8 Å². The maximum absolute atomic E-state index is 12.4. The molecule has 2 heterocycles. The van der Waals surface area contributed by atoms with Gasteiger partial charge in [-0.3, -0.25) is 9.69 Å². The molecule has 2 aliphatic heterocycles. The molecule has 1 aromatic rings. The van der Waals surface area contributed by atoms with Crippen molar-refractivity contribution < 1.29 is 14.3 Å². The van der Waals surface area contributed by atoms with E-state index >= 15 is 0 Å². The Morgan fingerprint density at radius 3 is 2.82 bits per heavy atom. The second kappa shape index (κ2) is 11.4. The Hall–Kier alpha value is -1.63. The van der Waals surface area contributed by atoms with E-state index in [0.29, 0.717) is 31.4 Å². The average Bonchev–Trinajstić information content (AvgIpc) is 2.74. The number of hydrogen-bond acceptors (Lipinski definition) is 5. The van der Waals surface area contributed by atoms with Crippen molar-refractivity contribution in [3.63, 3.8) is 0 Å². The first-order chi connectivity index (χ1) is 13.7. The Balaban J connectivity index is 1.41. The summed E-state index contributed by atoms with van der Waals surface area (Å²) in [6.07, 6.45) is 2.95. The molecule has 2 aliphatic rings. The van der Waals surface area contributed by atoms with E-state index in [1.807, 2.05) is 24.3 Å². The van der Waals surface area contributed by atoms with E-state index in [-0.39, 0.29) is 5.91 Å². The largest absolute Gasteiger partial charge is 0.492 e. The molecule has 1 aromatic carbocycles. The number of nitrogens with zero attached hydrogens (tertiary/aromatic N) is 1. The monoisotopic (exact) mass is 389 g/mol. The Morgan fingerprint density at radius 1 is 1.29 bits per heavy atom. The number of carbonyl (C=O) groups excluding carboxylic acids is 1. The molecule has 0 bridgehead atoms. The zero-order valence-electron chi connectivity index (χ0n) is 17.1. The first kappa shape index (κ1) is 21.1. The van der Waals surface area contributed by atoms with Crippen LogP contribution in [0.3, 0.4) is 0 Å². The lowest BCUT2D eigenvalue weighted by molar-refractivity contribution is -0.122. The van der Waals surface area contributed by atoms with Crippen molar-refractivity contribution in [1.29, 1.82) is 0 Å². The molecule has 2 N–H and O–H groups in total. The minimum Gasteiger partial charge on any atom is -0.492 e. The van der Waals surface area contributed by atoms with E-state index in [4.69, 9.17) is 9.47 Å². The standard InChI is InChI=1S/C22H35N3O3/c1-18(19-6-8-23-9-7-19)16-22(26)24-17-20-4-2-3-5-21(20)28-15-12-25-10-13-27-14-11-25/h2-5,18-19,23H,6-17H2,1H3,(H,24,26). The smallest absolute Gasteiger partial charge is 0.220 e. The Bertz CT molecular complexity index is 598. The van der Waals surface area contributed by atoms with Crippen molar-refractivity contribution in [2.75, 3.05) is 52.5 Å². The third kappa shape index (κ3) is 6.76. The molecule has 3 rings (SSSR count). The Kier molecular flexibility index (Phi) is 8.58. The number of rotatable bonds is 9. The first-order valence-corrected chi connectivity index (χ1v) is 10.7. The number of benzene rings is 1. The second-order valence-electron chi connectivity index (χ2n) is 7.96. The number of ether oxygens (including phenoxy) is 2. The molecule has 2 fully saturated rings. The zero-order valence-corrected chi connectivity index (χ0v) is 17.1. The van der Waals surface area contributed by atoms with Crippen LogP contribution < -0.4 is 15.4 Å². The van der Waals surface area contributed by atoms with Crippen molar-refractivity contribution in [2.24, 2.45) is 11.8 Å². The van der Waals surface area contributed by atoms with Gasteiger partial charge in [0.1, 0.15) is 12.4 Å². The van der Waals surface area contributed by atoms with Crippen LogP contribution in [0.2, 0.25) is 0 Å². The third-order valence-corrected chi connectivity index (χ3v) is 5.91. The summed E-state index contributed by atoms with van der Waals surface area (Å²) in [5, 5.41) is 6.48. The zero-order chi connectivity index (χ0) is 19.6. The van der Waals surface area contributed by atoms with Crippen LogP contribution in [0.4, 0.5) is 0 Å². The number of amides is 1. The molecule has 2 saturated heterocycles. The van der Waals surface area contributed by atoms with Gasteiger partial charge in [-0.15, -0.1) is 0 Å². The fourth-order valence-corrected chi connectivity index (χ4v) is 4.04. The minimum atomic E-state index is 0.133. The first-order valence-electron chi connectivity index (χ1n) is 10.7. The van der Waals surface area contributed by atoms with Gasteiger partial charge in [0.05, 0.1) is 13.2 Å². The van der Waals surface area contributed by atoms with E-state index in [0.717, 1.165) is 57.3 Å². The quantitative estimate of drug-likeness (QED) is 0.677. The number of hydrogen-bond donors (Lipinski definition) is 2. The van der Waals surface area contributed by atoms with Gasteiger partial charge in [0.25, 0.3) is 0 Å². The highest BCUT2D eigenvalue weighted by Gasteiger charge is 2.22. The van der Waals surface area contributed by atoms with Gasteiger partial charge in [0.15, 0.2) is 0 Å². The highest BCUT2D eigenvalue weighted by Crippen LogP contribution is 2.24. The van der Waals surface area contributed by atoms with Crippen molar-refractivity contribution in [2.45, 2.75) is 32.7 Å². The van der Waals surface area contributed by atoms with Crippen LogP contribution in [0.15, 0.2) is 24.3 Å². The number of para-hydroxylation sites is 1. The van der Waals surface area contributed by atoms with Crippen LogP contribution in [0, 0.1) is 11.8 Å². The van der Waals surface area contributed by atoms with E-state index in [1.54, 1.807) is 0 Å². The molecule has 0 saturated carbocycles. The molecule has 1 atom stereocenters. The second-order valence-corrected chi connectivity index (χ2v) is 7.96. The molecule has 0 aromatic heterocycles. The molecule has 28 heavy (non-hydrogen) atoms. The van der Waals surface area contributed by atoms with Crippen molar-refractivity contribution in [3.8, 4) is 5.75 Å². The summed E-state index contributed by atoms with van der Waals surface area (Å²) in [5.41, 5.74) is 1.03. The highest BCUT2D eigenvalue weighted by atomic mass is 16.5. The molecular weight excluding hydrogens is 354 g/mol. The fourth-order valence-electron chi connectivity index (χ4n) is 4.04. The maximum Gasteiger partial charge on any atom is 0.220 e. The summed E-state index contributed by atoms with van der Waals surface area (Å²) in [4.78, 5) is 14.8. The molecule has 6 nitrogen and oxygen atoms in total. The van der Waals surface area contributed by atoms with Gasteiger partial charge in [0.2, 0.25) is 5.91 Å². The summed E-state index contributed by atoms with van der Waals surface area (Å²) < 4.78 is 11.4. The van der Waals surface area contributed by atoms with Crippen LogP contribution in [0.25, 0.3) is 0 Å². The molecule has 156 valence electrons. The van der Waals surface area contributed by atoms with Crippen molar-refractivity contribution in [3.05, 3.63) is 29.8 Å². The molecule has 1 unspecified atom stereocenters. The van der Waals surface area contributed by atoms with E-state index in [9.17, 15) is 4.79 Å². The fraction of sp³-hybridized carbons (Fsp3) is 0.682. The van der Waals surface area contributed by atoms with Gasteiger partial charge < -0.3 is 20.1 Å². The van der Waals surface area contributed by atoms with Crippen LogP contribution in [0.1, 0.15) is 31.7 Å². The topological polar surface area (TPSA) is 62.8 Å². The summed E-state index contributed by atoms with van der Waals surface area (Å²) in [6, 6.07) is 7.99. The van der Waals surface area contributed by atoms with Gasteiger partial charge in [-0.1, -0.05) is 25.1 Å². The Labute approximate surface area is 169 Å². The van der Waals surface area contributed by atoms with Crippen LogP contribution in [-0.2, 0) is 16.1 Å². The van der Waals surface area contributed by atoms with Gasteiger partial charge in [-0.2, -0.15) is 0 Å². The van der Waals surface area contributed by atoms with E-state index in [2.05, 4.69) is 22.5 Å². The Morgan fingerprint density at radius 2 is 2.04 bits per heavy atom. The summed E-state index contributed by atoms with van der Waals surface area (Å²) >= 11 is 0. The molecule has 0 spiro atoms. The summed E-state index contributed by atoms with van der Waals surface area (Å²) in [7, 11) is 0. The number of piperidine rings is 1. The lowest BCUT2D eigenvalue weighted by atomic mass is 9.84. The molecule has 1 amide bonds. The lowest BCUT2D eigenvalue weighted by Crippen LogP contribution is -2.38. The predicted molar refractivity (Wildman–Crippen MR) is 110 cm³/mol. The van der Waals surface area contributed by atoms with Gasteiger partial charge in [0, 0.05) is 38.2 Å². The summed E-state index contributed by atoms with van der Waals surface area (Å²) in [6.45, 7) is 9.97. The lowest BCUT2D eigenvalue weighted by Gasteiger charge is -2.28. The SMILES string of the molecule is CC(CC(=O)NCc1ccccc1OCCN1CCOCC1)C1CCNCC1. The maximum atomic E-state index is 12.4. The number of nitrogens with one attached hydrogen (secondary N) is 2. The van der Waals surface area contributed by atoms with Crippen LogP contribution >= 0.6 is 0 Å². The third-order valence-electron chi connectivity index (χ3n) is 5.91. The van der Waals surface area contributed by atoms with E-state index < -0.39 is 0 Å². The van der Waals surface area contributed by atoms with Crippen LogP contribution in [0.5, 0.6) is 5.75 Å². The molecule has 0 radical (unpaired) electrons. The average molecular weight is 390 g/mol. The van der Waals surface area contributed by atoms with E-state index in [1.165, 1.54) is 12.8 Å². The van der Waals surface area contributed by atoms with Crippen molar-refractivity contribution >= 4 is 5.91 Å². The molecular formula is C22H35N3O3.